The molecule has 1 N–H and O–H groups in total. The van der Waals surface area contributed by atoms with Gasteiger partial charge in [0.05, 0.1) is 25.3 Å². The fraction of sp³-hybridized carbons (Fsp3) is 0.353. The predicted octanol–water partition coefficient (Wildman–Crippen LogP) is 5.74. The van der Waals surface area contributed by atoms with Crippen LogP contribution in [0.25, 0.3) is 5.76 Å². The molecule has 1 amide bonds. The van der Waals surface area contributed by atoms with Gasteiger partial charge in [-0.2, -0.15) is 0 Å². The summed E-state index contributed by atoms with van der Waals surface area (Å²) in [4.78, 5) is 30.7. The standard InChI is InChI=1S/C34H40N2O6/c1-6-35(7-2)18-19-36-31(25-14-17-28(41-8-3)29(21-25)40-5)30(33(38)34(36)39)32(37)26-15-16-27(23(4)20-26)42-22-24-12-10-9-11-13-24/h9-17,20-21,31,37H,6-8,18-19,22H2,1-5H3/t31-/m0/s1. The van der Waals surface area contributed by atoms with E-state index in [2.05, 4.69) is 18.7 Å². The number of likely N-dealkylation sites (N-methyl/N-ethyl adjacent to an activating group) is 1. The number of benzene rings is 3. The Balaban J connectivity index is 1.74. The summed E-state index contributed by atoms with van der Waals surface area (Å²) in [5.74, 6) is 0.134. The van der Waals surface area contributed by atoms with Crippen molar-refractivity contribution in [1.82, 2.24) is 9.80 Å². The second kappa shape index (κ2) is 14.0. The Morgan fingerprint density at radius 1 is 0.905 bits per heavy atom. The maximum Gasteiger partial charge on any atom is 0.295 e. The molecule has 1 aliphatic rings. The van der Waals surface area contributed by atoms with Crippen molar-refractivity contribution in [3.8, 4) is 17.2 Å². The summed E-state index contributed by atoms with van der Waals surface area (Å²) in [6.07, 6.45) is 0. The Kier molecular flexibility index (Phi) is 10.3. The molecule has 0 unspecified atom stereocenters. The van der Waals surface area contributed by atoms with Crippen molar-refractivity contribution in [2.75, 3.05) is 39.9 Å². The normalized spacial score (nSPS) is 16.2. The van der Waals surface area contributed by atoms with E-state index in [1.807, 2.05) is 50.2 Å². The van der Waals surface area contributed by atoms with Crippen molar-refractivity contribution in [3.63, 3.8) is 0 Å². The van der Waals surface area contributed by atoms with Gasteiger partial charge >= 0.3 is 0 Å². The molecule has 0 aromatic heterocycles. The number of methoxy groups -OCH3 is 1. The first-order valence-electron chi connectivity index (χ1n) is 14.4. The van der Waals surface area contributed by atoms with Gasteiger partial charge in [-0.25, -0.2) is 0 Å². The van der Waals surface area contributed by atoms with E-state index in [4.69, 9.17) is 14.2 Å². The molecule has 8 heteroatoms. The molecule has 4 rings (SSSR count). The van der Waals surface area contributed by atoms with Gasteiger partial charge in [-0.3, -0.25) is 9.59 Å². The molecule has 1 heterocycles. The van der Waals surface area contributed by atoms with Gasteiger partial charge in [-0.05, 0) is 74.0 Å². The first-order chi connectivity index (χ1) is 20.3. The van der Waals surface area contributed by atoms with E-state index in [9.17, 15) is 14.7 Å². The molecular weight excluding hydrogens is 532 g/mol. The third-order valence-electron chi connectivity index (χ3n) is 7.58. The lowest BCUT2D eigenvalue weighted by Gasteiger charge is -2.28. The lowest BCUT2D eigenvalue weighted by molar-refractivity contribution is -0.140. The largest absolute Gasteiger partial charge is 0.507 e. The van der Waals surface area contributed by atoms with Crippen LogP contribution < -0.4 is 14.2 Å². The molecule has 0 aliphatic carbocycles. The molecule has 1 fully saturated rings. The zero-order chi connectivity index (χ0) is 30.2. The molecule has 8 nitrogen and oxygen atoms in total. The molecule has 0 spiro atoms. The summed E-state index contributed by atoms with van der Waals surface area (Å²) in [6.45, 7) is 11.3. The summed E-state index contributed by atoms with van der Waals surface area (Å²) in [6, 6.07) is 19.7. The number of carbonyl (C=O) groups is 2. The Morgan fingerprint density at radius 2 is 1.62 bits per heavy atom. The number of carbonyl (C=O) groups excluding carboxylic acids is 2. The number of ether oxygens (including phenoxy) is 3. The van der Waals surface area contributed by atoms with Crippen molar-refractivity contribution in [2.45, 2.75) is 40.3 Å². The second-order valence-electron chi connectivity index (χ2n) is 10.1. The molecule has 0 radical (unpaired) electrons. The Bertz CT molecular complexity index is 1430. The first kappa shape index (κ1) is 30.7. The zero-order valence-corrected chi connectivity index (χ0v) is 25.1. The van der Waals surface area contributed by atoms with Crippen molar-refractivity contribution in [1.29, 1.82) is 0 Å². The minimum absolute atomic E-state index is 0.0445. The number of Topliss-reactive ketones (excluding diaryl/α,β-unsaturated/α-hetero) is 1. The average Bonchev–Trinajstić information content (AvgIpc) is 3.26. The predicted molar refractivity (Wildman–Crippen MR) is 163 cm³/mol. The number of amides is 1. The van der Waals surface area contributed by atoms with Crippen LogP contribution in [-0.4, -0.2) is 66.5 Å². The third-order valence-corrected chi connectivity index (χ3v) is 7.58. The van der Waals surface area contributed by atoms with E-state index in [-0.39, 0.29) is 11.3 Å². The van der Waals surface area contributed by atoms with Gasteiger partial charge < -0.3 is 29.1 Å². The highest BCUT2D eigenvalue weighted by Crippen LogP contribution is 2.42. The van der Waals surface area contributed by atoms with E-state index in [0.29, 0.717) is 54.7 Å². The van der Waals surface area contributed by atoms with Gasteiger partial charge in [0.1, 0.15) is 18.1 Å². The minimum Gasteiger partial charge on any atom is -0.507 e. The molecule has 1 atom stereocenters. The first-order valence-corrected chi connectivity index (χ1v) is 14.4. The van der Waals surface area contributed by atoms with E-state index < -0.39 is 17.7 Å². The van der Waals surface area contributed by atoms with Crippen molar-refractivity contribution in [2.24, 2.45) is 0 Å². The van der Waals surface area contributed by atoms with E-state index >= 15 is 0 Å². The average molecular weight is 573 g/mol. The van der Waals surface area contributed by atoms with Gasteiger partial charge in [-0.1, -0.05) is 50.2 Å². The highest BCUT2D eigenvalue weighted by atomic mass is 16.5. The van der Waals surface area contributed by atoms with Crippen LogP contribution in [0, 0.1) is 6.92 Å². The van der Waals surface area contributed by atoms with Crippen LogP contribution >= 0.6 is 0 Å². The fourth-order valence-electron chi connectivity index (χ4n) is 5.22. The maximum atomic E-state index is 13.5. The highest BCUT2D eigenvalue weighted by molar-refractivity contribution is 6.46. The van der Waals surface area contributed by atoms with Crippen LogP contribution in [-0.2, 0) is 16.2 Å². The van der Waals surface area contributed by atoms with Crippen LogP contribution in [0.3, 0.4) is 0 Å². The monoisotopic (exact) mass is 572 g/mol. The van der Waals surface area contributed by atoms with E-state index in [1.165, 1.54) is 0 Å². The molecule has 0 saturated carbocycles. The summed E-state index contributed by atoms with van der Waals surface area (Å²) >= 11 is 0. The van der Waals surface area contributed by atoms with Gasteiger partial charge in [0, 0.05) is 18.7 Å². The van der Waals surface area contributed by atoms with Crippen LogP contribution in [0.2, 0.25) is 0 Å². The Hall–Kier alpha value is -4.30. The number of aryl methyl sites for hydroxylation is 1. The Labute approximate surface area is 248 Å². The zero-order valence-electron chi connectivity index (χ0n) is 25.1. The molecule has 1 saturated heterocycles. The quantitative estimate of drug-likeness (QED) is 0.159. The maximum absolute atomic E-state index is 13.5. The van der Waals surface area contributed by atoms with Crippen molar-refractivity contribution in [3.05, 3.63) is 94.6 Å². The second-order valence-corrected chi connectivity index (χ2v) is 10.1. The SMILES string of the molecule is CCOc1ccc([C@H]2C(=C(O)c3ccc(OCc4ccccc4)c(C)c3)C(=O)C(=O)N2CCN(CC)CC)cc1OC. The number of aliphatic hydroxyl groups is 1. The van der Waals surface area contributed by atoms with Crippen LogP contribution in [0.5, 0.6) is 17.2 Å². The summed E-state index contributed by atoms with van der Waals surface area (Å²) in [7, 11) is 1.54. The topological polar surface area (TPSA) is 88.5 Å². The van der Waals surface area contributed by atoms with Gasteiger partial charge in [-0.15, -0.1) is 0 Å². The van der Waals surface area contributed by atoms with Crippen LogP contribution in [0.4, 0.5) is 0 Å². The third kappa shape index (κ3) is 6.60. The molecule has 42 heavy (non-hydrogen) atoms. The smallest absolute Gasteiger partial charge is 0.295 e. The number of ketones is 1. The fourth-order valence-corrected chi connectivity index (χ4v) is 5.22. The highest BCUT2D eigenvalue weighted by Gasteiger charge is 2.46. The molecule has 1 aliphatic heterocycles. The van der Waals surface area contributed by atoms with Gasteiger partial charge in [0.2, 0.25) is 0 Å². The molecule has 222 valence electrons. The van der Waals surface area contributed by atoms with Gasteiger partial charge in [0.25, 0.3) is 11.7 Å². The molecule has 0 bridgehead atoms. The van der Waals surface area contributed by atoms with Crippen molar-refractivity contribution >= 4 is 17.4 Å². The van der Waals surface area contributed by atoms with Crippen molar-refractivity contribution < 1.29 is 28.9 Å². The number of likely N-dealkylation sites (tertiary alicyclic amines) is 1. The molecule has 3 aromatic rings. The lowest BCUT2D eigenvalue weighted by atomic mass is 9.94. The Morgan fingerprint density at radius 3 is 2.26 bits per heavy atom. The summed E-state index contributed by atoms with van der Waals surface area (Å²) < 4.78 is 17.3. The molecular formula is C34H40N2O6. The number of hydrogen-bond acceptors (Lipinski definition) is 7. The van der Waals surface area contributed by atoms with Crippen LogP contribution in [0.15, 0.2) is 72.3 Å². The van der Waals surface area contributed by atoms with Gasteiger partial charge in [0.15, 0.2) is 11.5 Å². The van der Waals surface area contributed by atoms with E-state index in [0.717, 1.165) is 24.2 Å². The molecule has 3 aromatic carbocycles. The number of aliphatic hydroxyl groups excluding tert-OH is 1. The summed E-state index contributed by atoms with van der Waals surface area (Å²) in [5.41, 5.74) is 2.96. The number of rotatable bonds is 13. The number of hydrogen-bond donors (Lipinski definition) is 1. The lowest BCUT2D eigenvalue weighted by Crippen LogP contribution is -2.38. The summed E-state index contributed by atoms with van der Waals surface area (Å²) in [5, 5.41) is 11.6. The number of nitrogens with zero attached hydrogens (tertiary/aromatic N) is 2. The minimum atomic E-state index is -0.792. The van der Waals surface area contributed by atoms with Crippen LogP contribution in [0.1, 0.15) is 49.1 Å². The van der Waals surface area contributed by atoms with E-state index in [1.54, 1.807) is 42.3 Å².